The van der Waals surface area contributed by atoms with Gasteiger partial charge in [0.2, 0.25) is 0 Å². The van der Waals surface area contributed by atoms with Gasteiger partial charge in [0.1, 0.15) is 22.7 Å². The molecule has 0 saturated heterocycles. The van der Waals surface area contributed by atoms with Crippen LogP contribution in [-0.4, -0.2) is 5.91 Å². The lowest BCUT2D eigenvalue weighted by atomic mass is 10.1. The van der Waals surface area contributed by atoms with Gasteiger partial charge in [-0.05, 0) is 37.0 Å². The Bertz CT molecular complexity index is 777. The molecule has 0 spiro atoms. The fourth-order valence-electron chi connectivity index (χ4n) is 2.45. The summed E-state index contributed by atoms with van der Waals surface area (Å²) in [5.74, 6) is -2.34. The van der Waals surface area contributed by atoms with E-state index in [2.05, 4.69) is 11.4 Å². The van der Waals surface area contributed by atoms with Gasteiger partial charge in [-0.25, -0.2) is 8.78 Å². The third-order valence-electron chi connectivity index (χ3n) is 3.44. The third-order valence-corrected chi connectivity index (χ3v) is 4.64. The van der Waals surface area contributed by atoms with Gasteiger partial charge in [0, 0.05) is 10.9 Å². The van der Waals surface area contributed by atoms with Crippen LogP contribution in [0.3, 0.4) is 0 Å². The fourth-order valence-corrected chi connectivity index (χ4v) is 3.69. The number of hydrogen-bond donors (Lipinski definition) is 1. The molecule has 0 atom stereocenters. The van der Waals surface area contributed by atoms with Crippen molar-refractivity contribution in [2.24, 2.45) is 0 Å². The number of carbonyl (C=O) groups is 1. The quantitative estimate of drug-likeness (QED) is 0.921. The molecule has 1 N–H and O–H groups in total. The summed E-state index contributed by atoms with van der Waals surface area (Å²) < 4.78 is 26.4. The summed E-state index contributed by atoms with van der Waals surface area (Å²) in [6.07, 6.45) is 2.74. The highest BCUT2D eigenvalue weighted by atomic mass is 32.1. The molecule has 1 aliphatic carbocycles. The molecule has 6 heteroatoms. The van der Waals surface area contributed by atoms with Crippen molar-refractivity contribution in [2.45, 2.75) is 19.3 Å². The molecular formula is C15H10F2N2OS. The van der Waals surface area contributed by atoms with Gasteiger partial charge in [-0.1, -0.05) is 0 Å². The van der Waals surface area contributed by atoms with Crippen molar-refractivity contribution in [3.63, 3.8) is 0 Å². The summed E-state index contributed by atoms with van der Waals surface area (Å²) >= 11 is 1.35. The number of nitriles is 1. The lowest BCUT2D eigenvalue weighted by Gasteiger charge is -2.05. The van der Waals surface area contributed by atoms with Crippen LogP contribution in [0.1, 0.15) is 32.8 Å². The molecule has 0 fully saturated rings. The van der Waals surface area contributed by atoms with Crippen LogP contribution in [0.15, 0.2) is 18.2 Å². The summed E-state index contributed by atoms with van der Waals surface area (Å²) in [5.41, 5.74) is 1.20. The lowest BCUT2D eigenvalue weighted by Crippen LogP contribution is -2.14. The molecule has 0 bridgehead atoms. The van der Waals surface area contributed by atoms with E-state index in [1.165, 1.54) is 11.3 Å². The smallest absolute Gasteiger partial charge is 0.259 e. The van der Waals surface area contributed by atoms with Gasteiger partial charge in [0.05, 0.1) is 11.1 Å². The van der Waals surface area contributed by atoms with E-state index in [9.17, 15) is 18.8 Å². The zero-order valence-corrected chi connectivity index (χ0v) is 11.7. The lowest BCUT2D eigenvalue weighted by molar-refractivity contribution is 0.102. The van der Waals surface area contributed by atoms with Crippen LogP contribution >= 0.6 is 11.3 Å². The van der Waals surface area contributed by atoms with Gasteiger partial charge >= 0.3 is 0 Å². The highest BCUT2D eigenvalue weighted by Gasteiger charge is 2.24. The highest BCUT2D eigenvalue weighted by molar-refractivity contribution is 7.16. The first kappa shape index (κ1) is 13.7. The second-order valence-electron chi connectivity index (χ2n) is 4.75. The largest absolute Gasteiger partial charge is 0.312 e. The SMILES string of the molecule is N#Cc1c(NC(=O)c2ccc(F)cc2F)sc2c1CCC2. The maximum Gasteiger partial charge on any atom is 0.259 e. The Kier molecular flexibility index (Phi) is 3.43. The van der Waals surface area contributed by atoms with Crippen LogP contribution in [0.25, 0.3) is 0 Å². The van der Waals surface area contributed by atoms with Crippen molar-refractivity contribution in [3.05, 3.63) is 51.4 Å². The fraction of sp³-hybridized carbons (Fsp3) is 0.200. The number of hydrogen-bond acceptors (Lipinski definition) is 3. The summed E-state index contributed by atoms with van der Waals surface area (Å²) in [7, 11) is 0. The Morgan fingerprint density at radius 3 is 2.86 bits per heavy atom. The third kappa shape index (κ3) is 2.41. The molecule has 21 heavy (non-hydrogen) atoms. The van der Waals surface area contributed by atoms with E-state index in [0.29, 0.717) is 16.6 Å². The highest BCUT2D eigenvalue weighted by Crippen LogP contribution is 2.38. The molecule has 1 aromatic carbocycles. The Labute approximate surface area is 123 Å². The van der Waals surface area contributed by atoms with E-state index in [4.69, 9.17) is 0 Å². The topological polar surface area (TPSA) is 52.9 Å². The van der Waals surface area contributed by atoms with Gasteiger partial charge < -0.3 is 5.32 Å². The molecule has 0 aliphatic heterocycles. The molecule has 3 rings (SSSR count). The number of anilines is 1. The van der Waals surface area contributed by atoms with E-state index in [1.807, 2.05) is 0 Å². The molecular weight excluding hydrogens is 294 g/mol. The number of carbonyl (C=O) groups excluding carboxylic acids is 1. The van der Waals surface area contributed by atoms with Crippen molar-refractivity contribution in [3.8, 4) is 6.07 Å². The van der Waals surface area contributed by atoms with Crippen LogP contribution in [0.4, 0.5) is 13.8 Å². The standard InChI is InChI=1S/C15H10F2N2OS/c16-8-4-5-10(12(17)6-8)14(20)19-15-11(7-18)9-2-1-3-13(9)21-15/h4-6H,1-3H2,(H,19,20). The maximum absolute atomic E-state index is 13.6. The Balaban J connectivity index is 1.91. The van der Waals surface area contributed by atoms with Crippen LogP contribution in [-0.2, 0) is 12.8 Å². The van der Waals surface area contributed by atoms with E-state index >= 15 is 0 Å². The first-order valence-electron chi connectivity index (χ1n) is 6.41. The Morgan fingerprint density at radius 1 is 1.33 bits per heavy atom. The number of nitrogens with one attached hydrogen (secondary N) is 1. The summed E-state index contributed by atoms with van der Waals surface area (Å²) in [4.78, 5) is 13.2. The zero-order chi connectivity index (χ0) is 15.0. The second kappa shape index (κ2) is 5.26. The van der Waals surface area contributed by atoms with E-state index < -0.39 is 17.5 Å². The predicted octanol–water partition coefficient (Wildman–Crippen LogP) is 3.64. The molecule has 1 amide bonds. The molecule has 0 unspecified atom stereocenters. The number of thiophene rings is 1. The summed E-state index contributed by atoms with van der Waals surface area (Å²) in [6.45, 7) is 0. The number of amides is 1. The van der Waals surface area contributed by atoms with E-state index in [-0.39, 0.29) is 5.56 Å². The average Bonchev–Trinajstić information content (AvgIpc) is 2.98. The van der Waals surface area contributed by atoms with Crippen molar-refractivity contribution >= 4 is 22.2 Å². The van der Waals surface area contributed by atoms with Gasteiger partial charge in [-0.2, -0.15) is 5.26 Å². The maximum atomic E-state index is 13.6. The van der Waals surface area contributed by atoms with Crippen molar-refractivity contribution in [1.82, 2.24) is 0 Å². The minimum absolute atomic E-state index is 0.242. The molecule has 1 aromatic heterocycles. The second-order valence-corrected chi connectivity index (χ2v) is 5.86. The van der Waals surface area contributed by atoms with Crippen molar-refractivity contribution in [2.75, 3.05) is 5.32 Å². The van der Waals surface area contributed by atoms with Crippen molar-refractivity contribution in [1.29, 1.82) is 5.26 Å². The number of fused-ring (bicyclic) bond motifs is 1. The monoisotopic (exact) mass is 304 g/mol. The van der Waals surface area contributed by atoms with Crippen LogP contribution in [0.5, 0.6) is 0 Å². The average molecular weight is 304 g/mol. The molecule has 0 radical (unpaired) electrons. The number of benzene rings is 1. The van der Waals surface area contributed by atoms with Crippen LogP contribution in [0.2, 0.25) is 0 Å². The van der Waals surface area contributed by atoms with Gasteiger partial charge in [-0.3, -0.25) is 4.79 Å². The summed E-state index contributed by atoms with van der Waals surface area (Å²) in [5, 5.41) is 12.2. The summed E-state index contributed by atoms with van der Waals surface area (Å²) in [6, 6.07) is 4.88. The van der Waals surface area contributed by atoms with Gasteiger partial charge in [0.25, 0.3) is 5.91 Å². The normalized spacial score (nSPS) is 12.8. The van der Waals surface area contributed by atoms with E-state index in [1.54, 1.807) is 0 Å². The van der Waals surface area contributed by atoms with Gasteiger partial charge in [-0.15, -0.1) is 11.3 Å². The van der Waals surface area contributed by atoms with Gasteiger partial charge in [0.15, 0.2) is 0 Å². The molecule has 2 aromatic rings. The molecule has 1 heterocycles. The predicted molar refractivity (Wildman–Crippen MR) is 75.4 cm³/mol. The molecule has 3 nitrogen and oxygen atoms in total. The molecule has 106 valence electrons. The zero-order valence-electron chi connectivity index (χ0n) is 10.9. The Hall–Kier alpha value is -2.26. The first-order valence-corrected chi connectivity index (χ1v) is 7.23. The van der Waals surface area contributed by atoms with Crippen LogP contribution in [0, 0.1) is 23.0 Å². The Morgan fingerprint density at radius 2 is 2.14 bits per heavy atom. The number of aryl methyl sites for hydroxylation is 1. The molecule has 1 aliphatic rings. The van der Waals surface area contributed by atoms with Crippen molar-refractivity contribution < 1.29 is 13.6 Å². The number of halogens is 2. The minimum atomic E-state index is -0.921. The first-order chi connectivity index (χ1) is 10.1. The minimum Gasteiger partial charge on any atom is -0.312 e. The van der Waals surface area contributed by atoms with E-state index in [0.717, 1.165) is 41.8 Å². The van der Waals surface area contributed by atoms with Crippen LogP contribution < -0.4 is 5.32 Å². The number of nitrogens with zero attached hydrogens (tertiary/aromatic N) is 1. The number of rotatable bonds is 2. The molecule has 0 saturated carbocycles.